The first-order chi connectivity index (χ1) is 8.58. The van der Waals surface area contributed by atoms with Gasteiger partial charge in [-0.05, 0) is 42.9 Å². The smallest absolute Gasteiger partial charge is 0.120 e. The van der Waals surface area contributed by atoms with Crippen LogP contribution in [0.15, 0.2) is 12.1 Å². The van der Waals surface area contributed by atoms with E-state index in [0.29, 0.717) is 11.7 Å². The van der Waals surface area contributed by atoms with Crippen LogP contribution in [0.5, 0.6) is 5.75 Å². The summed E-state index contributed by atoms with van der Waals surface area (Å²) in [7, 11) is 0. The van der Waals surface area contributed by atoms with E-state index in [2.05, 4.69) is 26.1 Å². The molecule has 3 atom stereocenters. The van der Waals surface area contributed by atoms with Crippen LogP contribution < -0.4 is 5.32 Å². The van der Waals surface area contributed by atoms with Gasteiger partial charge in [0.1, 0.15) is 5.75 Å². The Morgan fingerprint density at radius 1 is 1.39 bits per heavy atom. The van der Waals surface area contributed by atoms with E-state index in [9.17, 15) is 10.2 Å². The number of nitrogens with one attached hydrogen (secondary N) is 1. The number of hydrogen-bond donors (Lipinski definition) is 3. The summed E-state index contributed by atoms with van der Waals surface area (Å²) in [6.45, 7) is 6.50. The van der Waals surface area contributed by atoms with Crippen molar-refractivity contribution >= 4 is 0 Å². The molecule has 0 heterocycles. The minimum absolute atomic E-state index is 0.105. The summed E-state index contributed by atoms with van der Waals surface area (Å²) in [6.07, 6.45) is 1.88. The molecule has 2 unspecified atom stereocenters. The molecule has 0 radical (unpaired) electrons. The van der Waals surface area contributed by atoms with Gasteiger partial charge >= 0.3 is 0 Å². The molecule has 0 bridgehead atoms. The predicted octanol–water partition coefficient (Wildman–Crippen LogP) is 2.61. The van der Waals surface area contributed by atoms with E-state index >= 15 is 0 Å². The lowest BCUT2D eigenvalue weighted by Crippen LogP contribution is -2.34. The van der Waals surface area contributed by atoms with Crippen molar-refractivity contribution in [1.82, 2.24) is 5.32 Å². The van der Waals surface area contributed by atoms with Crippen LogP contribution in [0.25, 0.3) is 0 Å². The third-order valence-electron chi connectivity index (χ3n) is 4.06. The maximum Gasteiger partial charge on any atom is 0.120 e. The van der Waals surface area contributed by atoms with Crippen molar-refractivity contribution in [2.24, 2.45) is 0 Å². The molecule has 3 heteroatoms. The molecule has 0 fully saturated rings. The summed E-state index contributed by atoms with van der Waals surface area (Å²) >= 11 is 0. The van der Waals surface area contributed by atoms with Gasteiger partial charge in [0.2, 0.25) is 0 Å². The topological polar surface area (TPSA) is 52.5 Å². The van der Waals surface area contributed by atoms with Gasteiger partial charge in [0.15, 0.2) is 0 Å². The van der Waals surface area contributed by atoms with Gasteiger partial charge in [0, 0.05) is 17.6 Å². The first-order valence-corrected chi connectivity index (χ1v) is 6.77. The highest BCUT2D eigenvalue weighted by molar-refractivity contribution is 5.50. The summed E-state index contributed by atoms with van der Waals surface area (Å²) in [5.74, 6) is 0.839. The fourth-order valence-corrected chi connectivity index (χ4v) is 3.08. The van der Waals surface area contributed by atoms with Crippen molar-refractivity contribution in [3.8, 4) is 5.75 Å². The molecule has 2 rings (SSSR count). The molecule has 3 N–H and O–H groups in total. The Bertz CT molecular complexity index is 427. The first-order valence-electron chi connectivity index (χ1n) is 6.77. The molecular weight excluding hydrogens is 226 g/mol. The van der Waals surface area contributed by atoms with Crippen LogP contribution in [0.2, 0.25) is 0 Å². The summed E-state index contributed by atoms with van der Waals surface area (Å²) in [4.78, 5) is 0. The lowest BCUT2D eigenvalue weighted by atomic mass is 9.97. The molecule has 0 amide bonds. The van der Waals surface area contributed by atoms with E-state index < -0.39 is 0 Å². The number of phenolic OH excluding ortho intramolecular Hbond substituents is 1. The zero-order chi connectivity index (χ0) is 13.3. The van der Waals surface area contributed by atoms with Crippen molar-refractivity contribution < 1.29 is 10.2 Å². The van der Waals surface area contributed by atoms with Crippen LogP contribution in [-0.2, 0) is 0 Å². The van der Waals surface area contributed by atoms with Gasteiger partial charge < -0.3 is 15.5 Å². The van der Waals surface area contributed by atoms with Crippen LogP contribution >= 0.6 is 0 Å². The number of rotatable bonds is 4. The second-order valence-electron chi connectivity index (χ2n) is 5.37. The molecule has 100 valence electrons. The summed E-state index contributed by atoms with van der Waals surface area (Å²) < 4.78 is 0. The van der Waals surface area contributed by atoms with Gasteiger partial charge in [-0.25, -0.2) is 0 Å². The van der Waals surface area contributed by atoms with E-state index in [0.717, 1.165) is 18.4 Å². The Labute approximate surface area is 109 Å². The van der Waals surface area contributed by atoms with E-state index in [-0.39, 0.29) is 18.7 Å². The highest BCUT2D eigenvalue weighted by Gasteiger charge is 2.32. The zero-order valence-electron chi connectivity index (χ0n) is 11.4. The fraction of sp³-hybridized carbons (Fsp3) is 0.600. The molecule has 0 saturated carbocycles. The number of hydrogen-bond acceptors (Lipinski definition) is 3. The van der Waals surface area contributed by atoms with Crippen LogP contribution in [0.1, 0.15) is 55.3 Å². The maximum absolute atomic E-state index is 10.1. The summed E-state index contributed by atoms with van der Waals surface area (Å²) in [5.41, 5.74) is 3.56. The Morgan fingerprint density at radius 3 is 2.72 bits per heavy atom. The van der Waals surface area contributed by atoms with E-state index in [1.54, 1.807) is 6.07 Å². The number of aryl methyl sites for hydroxylation is 1. The largest absolute Gasteiger partial charge is 0.508 e. The molecule has 1 aliphatic carbocycles. The van der Waals surface area contributed by atoms with Gasteiger partial charge in [-0.1, -0.05) is 19.9 Å². The average molecular weight is 249 g/mol. The third kappa shape index (κ3) is 2.25. The van der Waals surface area contributed by atoms with Gasteiger partial charge in [0.05, 0.1) is 6.61 Å². The van der Waals surface area contributed by atoms with Crippen molar-refractivity contribution in [3.05, 3.63) is 28.8 Å². The number of benzene rings is 1. The number of phenols is 1. The minimum Gasteiger partial charge on any atom is -0.508 e. The number of aliphatic hydroxyl groups excluding tert-OH is 1. The lowest BCUT2D eigenvalue weighted by Gasteiger charge is -2.21. The predicted molar refractivity (Wildman–Crippen MR) is 72.9 cm³/mol. The highest BCUT2D eigenvalue weighted by atomic mass is 16.3. The molecule has 0 aromatic heterocycles. The van der Waals surface area contributed by atoms with Crippen LogP contribution in [0.4, 0.5) is 0 Å². The van der Waals surface area contributed by atoms with E-state index in [1.807, 2.05) is 6.07 Å². The molecule has 1 aliphatic rings. The number of aromatic hydroxyl groups is 1. The molecule has 0 saturated heterocycles. The molecule has 0 aliphatic heterocycles. The Kier molecular flexibility index (Phi) is 3.93. The van der Waals surface area contributed by atoms with Gasteiger partial charge in [-0.2, -0.15) is 0 Å². The molecule has 1 aromatic carbocycles. The molecule has 0 spiro atoms. The minimum atomic E-state index is 0.105. The van der Waals surface area contributed by atoms with Crippen LogP contribution in [-0.4, -0.2) is 22.9 Å². The van der Waals surface area contributed by atoms with Gasteiger partial charge in [0.25, 0.3) is 0 Å². The number of fused-ring (bicyclic) bond motifs is 1. The second kappa shape index (κ2) is 5.29. The number of aliphatic hydroxyl groups is 1. The average Bonchev–Trinajstić information content (AvgIpc) is 2.69. The summed E-state index contributed by atoms with van der Waals surface area (Å²) in [5, 5.41) is 22.9. The van der Waals surface area contributed by atoms with Crippen molar-refractivity contribution in [2.75, 3.05) is 6.61 Å². The van der Waals surface area contributed by atoms with Crippen molar-refractivity contribution in [3.63, 3.8) is 0 Å². The highest BCUT2D eigenvalue weighted by Crippen LogP contribution is 2.46. The molecular formula is C15H23NO2. The second-order valence-corrected chi connectivity index (χ2v) is 5.37. The van der Waals surface area contributed by atoms with Crippen LogP contribution in [0, 0.1) is 6.92 Å². The van der Waals surface area contributed by atoms with Gasteiger partial charge in [-0.15, -0.1) is 0 Å². The molecule has 3 nitrogen and oxygen atoms in total. The Balaban J connectivity index is 2.32. The third-order valence-corrected chi connectivity index (χ3v) is 4.06. The zero-order valence-corrected chi connectivity index (χ0v) is 11.4. The lowest BCUT2D eigenvalue weighted by molar-refractivity contribution is 0.226. The normalized spacial score (nSPS) is 24.0. The Hall–Kier alpha value is -1.06. The first kappa shape index (κ1) is 13.4. The molecule has 18 heavy (non-hydrogen) atoms. The fourth-order valence-electron chi connectivity index (χ4n) is 3.08. The molecule has 1 aromatic rings. The van der Waals surface area contributed by atoms with Crippen molar-refractivity contribution in [1.29, 1.82) is 0 Å². The van der Waals surface area contributed by atoms with Gasteiger partial charge in [-0.3, -0.25) is 0 Å². The standard InChI is InChI=1S/C15H23NO2/c1-4-11(8-17)16-12-7-10(3)14-9(2)5-6-13(18)15(12)14/h5-6,10-12,16-18H,4,7-8H2,1-3H3/t10?,11-,12?/m1/s1. The maximum atomic E-state index is 10.1. The SMILES string of the molecule is CC[C@H](CO)NC1CC(C)c2c(C)ccc(O)c21. The quantitative estimate of drug-likeness (QED) is 0.769. The van der Waals surface area contributed by atoms with Crippen LogP contribution in [0.3, 0.4) is 0 Å². The van der Waals surface area contributed by atoms with E-state index in [4.69, 9.17) is 0 Å². The van der Waals surface area contributed by atoms with Crippen molar-refractivity contribution in [2.45, 2.75) is 51.6 Å². The summed E-state index contributed by atoms with van der Waals surface area (Å²) in [6, 6.07) is 4.03. The Morgan fingerprint density at radius 2 is 2.11 bits per heavy atom. The van der Waals surface area contributed by atoms with E-state index in [1.165, 1.54) is 11.1 Å². The monoisotopic (exact) mass is 249 g/mol.